The van der Waals surface area contributed by atoms with Crippen molar-refractivity contribution in [1.82, 2.24) is 10.1 Å². The van der Waals surface area contributed by atoms with Crippen LogP contribution in [0.25, 0.3) is 21.5 Å². The van der Waals surface area contributed by atoms with E-state index in [2.05, 4.69) is 14.9 Å². The van der Waals surface area contributed by atoms with Gasteiger partial charge in [0.25, 0.3) is 15.9 Å². The summed E-state index contributed by atoms with van der Waals surface area (Å²) in [6.07, 6.45) is 2.15. The molecule has 1 saturated carbocycles. The Hall–Kier alpha value is -2.71. The molecular formula is C19H15N3O3S2. The second kappa shape index (κ2) is 6.17. The number of sulfonamides is 1. The Labute approximate surface area is 159 Å². The molecular weight excluding hydrogens is 382 g/mol. The van der Waals surface area contributed by atoms with E-state index in [1.807, 2.05) is 24.3 Å². The van der Waals surface area contributed by atoms with Gasteiger partial charge in [-0.2, -0.15) is 4.98 Å². The van der Waals surface area contributed by atoms with Crippen LogP contribution < -0.4 is 4.72 Å². The van der Waals surface area contributed by atoms with Gasteiger partial charge in [-0.3, -0.25) is 4.72 Å². The number of fused-ring (bicyclic) bond motifs is 1. The van der Waals surface area contributed by atoms with Crippen LogP contribution in [0.5, 0.6) is 0 Å². The maximum atomic E-state index is 13.0. The van der Waals surface area contributed by atoms with Crippen LogP contribution in [0.2, 0.25) is 0 Å². The van der Waals surface area contributed by atoms with Crippen LogP contribution in [0, 0.1) is 0 Å². The van der Waals surface area contributed by atoms with Gasteiger partial charge in [0, 0.05) is 11.3 Å². The van der Waals surface area contributed by atoms with Crippen molar-refractivity contribution in [3.8, 4) is 10.8 Å². The predicted octanol–water partition coefficient (Wildman–Crippen LogP) is 4.63. The zero-order valence-electron chi connectivity index (χ0n) is 14.1. The van der Waals surface area contributed by atoms with Crippen LogP contribution in [0.1, 0.15) is 24.6 Å². The molecule has 0 radical (unpaired) electrons. The van der Waals surface area contributed by atoms with E-state index in [-0.39, 0.29) is 4.90 Å². The molecule has 0 spiro atoms. The van der Waals surface area contributed by atoms with Gasteiger partial charge in [-0.15, -0.1) is 11.3 Å². The first-order valence-electron chi connectivity index (χ1n) is 8.54. The minimum atomic E-state index is -3.77. The molecule has 27 heavy (non-hydrogen) atoms. The van der Waals surface area contributed by atoms with Crippen molar-refractivity contribution >= 4 is 37.8 Å². The van der Waals surface area contributed by atoms with Gasteiger partial charge >= 0.3 is 0 Å². The number of rotatable bonds is 5. The van der Waals surface area contributed by atoms with Gasteiger partial charge in [0.1, 0.15) is 4.88 Å². The molecule has 2 aromatic carbocycles. The second-order valence-corrected chi connectivity index (χ2v) is 9.05. The van der Waals surface area contributed by atoms with Gasteiger partial charge in [-0.05, 0) is 35.7 Å². The SMILES string of the molecule is O=S(=O)(Nc1ccsc1-c1nc(C2CC2)no1)c1cccc2ccccc12. The minimum absolute atomic E-state index is 0.238. The molecule has 1 aliphatic carbocycles. The number of hydrogen-bond acceptors (Lipinski definition) is 6. The summed E-state index contributed by atoms with van der Waals surface area (Å²) in [4.78, 5) is 5.29. The summed E-state index contributed by atoms with van der Waals surface area (Å²) in [6.45, 7) is 0. The largest absolute Gasteiger partial charge is 0.333 e. The van der Waals surface area contributed by atoms with Crippen molar-refractivity contribution in [2.24, 2.45) is 0 Å². The van der Waals surface area contributed by atoms with Crippen molar-refractivity contribution in [2.45, 2.75) is 23.7 Å². The van der Waals surface area contributed by atoms with Crippen molar-refractivity contribution < 1.29 is 12.9 Å². The quantitative estimate of drug-likeness (QED) is 0.531. The van der Waals surface area contributed by atoms with Crippen molar-refractivity contribution in [1.29, 1.82) is 0 Å². The summed E-state index contributed by atoms with van der Waals surface area (Å²) in [5.74, 6) is 1.42. The van der Waals surface area contributed by atoms with Crippen LogP contribution >= 0.6 is 11.3 Å². The van der Waals surface area contributed by atoms with Gasteiger partial charge in [0.2, 0.25) is 0 Å². The van der Waals surface area contributed by atoms with Crippen LogP contribution in [0.4, 0.5) is 5.69 Å². The third kappa shape index (κ3) is 3.00. The molecule has 4 aromatic rings. The summed E-state index contributed by atoms with van der Waals surface area (Å²) in [5, 5.41) is 7.37. The number of nitrogens with zero attached hydrogens (tertiary/aromatic N) is 2. The first kappa shape index (κ1) is 16.5. The van der Waals surface area contributed by atoms with E-state index in [1.54, 1.807) is 29.6 Å². The fourth-order valence-electron chi connectivity index (χ4n) is 3.02. The highest BCUT2D eigenvalue weighted by Gasteiger charge is 2.30. The Balaban J connectivity index is 1.52. The van der Waals surface area contributed by atoms with Gasteiger partial charge in [0.15, 0.2) is 5.82 Å². The predicted molar refractivity (Wildman–Crippen MR) is 104 cm³/mol. The third-order valence-electron chi connectivity index (χ3n) is 4.53. The summed E-state index contributed by atoms with van der Waals surface area (Å²) in [7, 11) is -3.77. The van der Waals surface area contributed by atoms with E-state index in [0.717, 1.165) is 18.2 Å². The molecule has 1 fully saturated rings. The van der Waals surface area contributed by atoms with Gasteiger partial charge in [-0.25, -0.2) is 8.42 Å². The average molecular weight is 397 g/mol. The Morgan fingerprint density at radius 2 is 1.89 bits per heavy atom. The molecule has 2 heterocycles. The van der Waals surface area contributed by atoms with Crippen molar-refractivity contribution in [3.05, 3.63) is 59.7 Å². The summed E-state index contributed by atoms with van der Waals surface area (Å²) in [5.41, 5.74) is 0.443. The molecule has 136 valence electrons. The summed E-state index contributed by atoms with van der Waals surface area (Å²) >= 11 is 1.36. The Kier molecular flexibility index (Phi) is 3.76. The minimum Gasteiger partial charge on any atom is -0.333 e. The fourth-order valence-corrected chi connectivity index (χ4v) is 5.16. The van der Waals surface area contributed by atoms with E-state index < -0.39 is 10.0 Å². The molecule has 0 atom stereocenters. The van der Waals surface area contributed by atoms with Crippen LogP contribution in [0.3, 0.4) is 0 Å². The summed E-state index contributed by atoms with van der Waals surface area (Å²) in [6, 6.07) is 14.4. The number of benzene rings is 2. The third-order valence-corrected chi connectivity index (χ3v) is 6.85. The molecule has 0 bridgehead atoms. The monoisotopic (exact) mass is 397 g/mol. The maximum absolute atomic E-state index is 13.0. The Bertz CT molecular complexity index is 1230. The lowest BCUT2D eigenvalue weighted by atomic mass is 10.1. The smallest absolute Gasteiger partial charge is 0.270 e. The molecule has 8 heteroatoms. The molecule has 0 unspecified atom stereocenters. The lowest BCUT2D eigenvalue weighted by Gasteiger charge is -2.10. The number of hydrogen-bond donors (Lipinski definition) is 1. The van der Waals surface area contributed by atoms with E-state index in [1.165, 1.54) is 11.3 Å². The summed E-state index contributed by atoms with van der Waals surface area (Å²) < 4.78 is 34.1. The lowest BCUT2D eigenvalue weighted by Crippen LogP contribution is -2.13. The zero-order valence-corrected chi connectivity index (χ0v) is 15.8. The van der Waals surface area contributed by atoms with E-state index >= 15 is 0 Å². The number of anilines is 1. The molecule has 6 nitrogen and oxygen atoms in total. The zero-order chi connectivity index (χ0) is 18.4. The van der Waals surface area contributed by atoms with Gasteiger partial charge in [-0.1, -0.05) is 41.6 Å². The highest BCUT2D eigenvalue weighted by Crippen LogP contribution is 2.40. The molecule has 2 aromatic heterocycles. The first-order chi connectivity index (χ1) is 13.1. The number of nitrogens with one attached hydrogen (secondary N) is 1. The highest BCUT2D eigenvalue weighted by atomic mass is 32.2. The Morgan fingerprint density at radius 3 is 2.74 bits per heavy atom. The molecule has 0 amide bonds. The fraction of sp³-hybridized carbons (Fsp3) is 0.158. The van der Waals surface area contributed by atoms with Crippen LogP contribution in [-0.4, -0.2) is 18.6 Å². The highest BCUT2D eigenvalue weighted by molar-refractivity contribution is 7.93. The average Bonchev–Trinajstić information content (AvgIpc) is 3.23. The van der Waals surface area contributed by atoms with Gasteiger partial charge in [0.05, 0.1) is 10.6 Å². The number of thiophene rings is 1. The normalized spacial score (nSPS) is 14.5. The van der Waals surface area contributed by atoms with Crippen molar-refractivity contribution in [2.75, 3.05) is 4.72 Å². The standard InChI is InChI=1S/C19H15N3O3S2/c23-27(24,16-7-3-5-12-4-1-2-6-14(12)16)22-15-10-11-26-17(15)19-20-18(21-25-19)13-8-9-13/h1-7,10-11,13,22H,8-9H2. The van der Waals surface area contributed by atoms with Crippen LogP contribution in [0.15, 0.2) is 63.3 Å². The molecule has 5 rings (SSSR count). The maximum Gasteiger partial charge on any atom is 0.270 e. The van der Waals surface area contributed by atoms with Crippen LogP contribution in [-0.2, 0) is 10.0 Å². The number of aromatic nitrogens is 2. The topological polar surface area (TPSA) is 85.1 Å². The lowest BCUT2D eigenvalue weighted by molar-refractivity contribution is 0.423. The Morgan fingerprint density at radius 1 is 1.07 bits per heavy atom. The molecule has 0 aliphatic heterocycles. The molecule has 1 aliphatic rings. The van der Waals surface area contributed by atoms with E-state index in [4.69, 9.17) is 4.52 Å². The molecule has 0 saturated heterocycles. The van der Waals surface area contributed by atoms with Gasteiger partial charge < -0.3 is 4.52 Å². The van der Waals surface area contributed by atoms with E-state index in [0.29, 0.717) is 33.6 Å². The van der Waals surface area contributed by atoms with E-state index in [9.17, 15) is 8.42 Å². The van der Waals surface area contributed by atoms with Crippen molar-refractivity contribution in [3.63, 3.8) is 0 Å². The molecule has 1 N–H and O–H groups in total. The first-order valence-corrected chi connectivity index (χ1v) is 10.9. The second-order valence-electron chi connectivity index (χ2n) is 6.48.